The van der Waals surface area contributed by atoms with Crippen LogP contribution in [0.2, 0.25) is 0 Å². The fraction of sp³-hybridized carbons (Fsp3) is 0.389. The number of para-hydroxylation sites is 1. The largest absolute Gasteiger partial charge is 0.481 e. The Kier molecular flexibility index (Phi) is 4.76. The Morgan fingerprint density at radius 3 is 2.88 bits per heavy atom. The van der Waals surface area contributed by atoms with Crippen molar-refractivity contribution < 1.29 is 19.4 Å². The average molecular weight is 328 g/mol. The highest BCUT2D eigenvalue weighted by Gasteiger charge is 2.36. The third-order valence-electron chi connectivity index (χ3n) is 4.50. The number of fused-ring (bicyclic) bond motifs is 1. The molecule has 6 nitrogen and oxygen atoms in total. The lowest BCUT2D eigenvalue weighted by atomic mass is 10.1. The standard InChI is InChI=1S/C18H20N2O4/c1-24-15-9-14(10-17(22)23)20(11-15)16(21)8-13-5-2-4-12-6-3-7-19-18(12)13/h2-7,14-15H,8-11H2,1H3,(H,22,23)/t14-,15+/m0/s1. The molecule has 1 aromatic carbocycles. The number of carbonyl (C=O) groups excluding carboxylic acids is 1. The number of methoxy groups -OCH3 is 1. The predicted molar refractivity (Wildman–Crippen MR) is 88.6 cm³/mol. The molecular weight excluding hydrogens is 308 g/mol. The molecule has 0 radical (unpaired) electrons. The molecule has 3 rings (SSSR count). The van der Waals surface area contributed by atoms with Crippen LogP contribution in [0.1, 0.15) is 18.4 Å². The highest BCUT2D eigenvalue weighted by molar-refractivity contribution is 5.88. The fourth-order valence-electron chi connectivity index (χ4n) is 3.32. The Balaban J connectivity index is 1.81. The van der Waals surface area contributed by atoms with Crippen LogP contribution in [0.3, 0.4) is 0 Å². The highest BCUT2D eigenvalue weighted by Crippen LogP contribution is 2.25. The molecule has 2 atom stereocenters. The molecule has 1 saturated heterocycles. The molecule has 2 aromatic rings. The minimum Gasteiger partial charge on any atom is -0.481 e. The van der Waals surface area contributed by atoms with Gasteiger partial charge in [0, 0.05) is 31.3 Å². The highest BCUT2D eigenvalue weighted by atomic mass is 16.5. The van der Waals surface area contributed by atoms with E-state index in [0.717, 1.165) is 16.5 Å². The van der Waals surface area contributed by atoms with Crippen LogP contribution < -0.4 is 0 Å². The van der Waals surface area contributed by atoms with E-state index >= 15 is 0 Å². The molecule has 0 saturated carbocycles. The maximum absolute atomic E-state index is 12.8. The summed E-state index contributed by atoms with van der Waals surface area (Å²) in [6.45, 7) is 0.436. The van der Waals surface area contributed by atoms with Gasteiger partial charge in [0.1, 0.15) is 0 Å². The smallest absolute Gasteiger partial charge is 0.305 e. The maximum Gasteiger partial charge on any atom is 0.305 e. The number of carbonyl (C=O) groups is 2. The van der Waals surface area contributed by atoms with Gasteiger partial charge < -0.3 is 14.7 Å². The van der Waals surface area contributed by atoms with E-state index in [1.165, 1.54) is 0 Å². The van der Waals surface area contributed by atoms with E-state index < -0.39 is 5.97 Å². The van der Waals surface area contributed by atoms with Gasteiger partial charge in [0.05, 0.1) is 24.5 Å². The molecule has 1 aromatic heterocycles. The first kappa shape index (κ1) is 16.4. The van der Waals surface area contributed by atoms with Crippen LogP contribution in [0.25, 0.3) is 10.9 Å². The molecule has 1 aliphatic rings. The molecular formula is C18H20N2O4. The van der Waals surface area contributed by atoms with E-state index in [1.807, 2.05) is 30.3 Å². The van der Waals surface area contributed by atoms with Crippen LogP contribution in [-0.4, -0.2) is 52.7 Å². The summed E-state index contributed by atoms with van der Waals surface area (Å²) < 4.78 is 5.32. The summed E-state index contributed by atoms with van der Waals surface area (Å²) in [4.78, 5) is 29.8. The summed E-state index contributed by atoms with van der Waals surface area (Å²) in [5, 5.41) is 10.1. The third-order valence-corrected chi connectivity index (χ3v) is 4.50. The number of carboxylic acids is 1. The zero-order valence-corrected chi connectivity index (χ0v) is 13.5. The van der Waals surface area contributed by atoms with Gasteiger partial charge in [0.2, 0.25) is 5.91 Å². The van der Waals surface area contributed by atoms with Crippen molar-refractivity contribution in [2.45, 2.75) is 31.4 Å². The van der Waals surface area contributed by atoms with E-state index in [2.05, 4.69) is 4.98 Å². The minimum absolute atomic E-state index is 0.0562. The average Bonchev–Trinajstić information content (AvgIpc) is 2.97. The number of likely N-dealkylation sites (tertiary alicyclic amines) is 1. The van der Waals surface area contributed by atoms with Gasteiger partial charge in [0.15, 0.2) is 0 Å². The number of benzene rings is 1. The summed E-state index contributed by atoms with van der Waals surface area (Å²) in [5.74, 6) is -0.986. The van der Waals surface area contributed by atoms with Crippen molar-refractivity contribution in [3.05, 3.63) is 42.1 Å². The molecule has 1 N–H and O–H groups in total. The number of amides is 1. The molecule has 1 amide bonds. The van der Waals surface area contributed by atoms with Gasteiger partial charge in [-0.3, -0.25) is 14.6 Å². The normalized spacial score (nSPS) is 20.5. The Hall–Kier alpha value is -2.47. The second-order valence-corrected chi connectivity index (χ2v) is 6.06. The van der Waals surface area contributed by atoms with Gasteiger partial charge in [-0.15, -0.1) is 0 Å². The third kappa shape index (κ3) is 3.38. The van der Waals surface area contributed by atoms with Crippen LogP contribution in [0.15, 0.2) is 36.5 Å². The van der Waals surface area contributed by atoms with E-state index in [4.69, 9.17) is 9.84 Å². The summed E-state index contributed by atoms with van der Waals surface area (Å²) >= 11 is 0. The van der Waals surface area contributed by atoms with Gasteiger partial charge in [-0.1, -0.05) is 24.3 Å². The summed E-state index contributed by atoms with van der Waals surface area (Å²) in [5.41, 5.74) is 1.67. The van der Waals surface area contributed by atoms with Crippen LogP contribution in [-0.2, 0) is 20.7 Å². The predicted octanol–water partition coefficient (Wildman–Crippen LogP) is 1.87. The SMILES string of the molecule is CO[C@@H]1C[C@@H](CC(=O)O)N(C(=O)Cc2cccc3cccnc23)C1. The zero-order valence-electron chi connectivity index (χ0n) is 13.5. The maximum atomic E-state index is 12.8. The lowest BCUT2D eigenvalue weighted by Crippen LogP contribution is -2.38. The second kappa shape index (κ2) is 6.97. The molecule has 2 heterocycles. The van der Waals surface area contributed by atoms with Crippen LogP contribution in [0.5, 0.6) is 0 Å². The Morgan fingerprint density at radius 2 is 2.12 bits per heavy atom. The molecule has 1 aliphatic heterocycles. The number of hydrogen-bond donors (Lipinski definition) is 1. The number of nitrogens with zero attached hydrogens (tertiary/aromatic N) is 2. The molecule has 126 valence electrons. The first-order chi connectivity index (χ1) is 11.6. The summed E-state index contributed by atoms with van der Waals surface area (Å²) in [6, 6.07) is 9.26. The number of aromatic nitrogens is 1. The lowest BCUT2D eigenvalue weighted by Gasteiger charge is -2.23. The van der Waals surface area contributed by atoms with Crippen molar-refractivity contribution in [2.24, 2.45) is 0 Å². The molecule has 24 heavy (non-hydrogen) atoms. The van der Waals surface area contributed by atoms with Gasteiger partial charge in [-0.05, 0) is 18.1 Å². The van der Waals surface area contributed by atoms with E-state index in [-0.39, 0.29) is 30.9 Å². The van der Waals surface area contributed by atoms with Crippen molar-refractivity contribution in [2.75, 3.05) is 13.7 Å². The van der Waals surface area contributed by atoms with Gasteiger partial charge in [-0.25, -0.2) is 0 Å². The fourth-order valence-corrected chi connectivity index (χ4v) is 3.32. The molecule has 0 bridgehead atoms. The number of rotatable bonds is 5. The number of hydrogen-bond acceptors (Lipinski definition) is 4. The molecule has 0 unspecified atom stereocenters. The van der Waals surface area contributed by atoms with Crippen LogP contribution in [0, 0.1) is 0 Å². The Labute approximate surface area is 140 Å². The molecule has 1 fully saturated rings. The van der Waals surface area contributed by atoms with Crippen molar-refractivity contribution in [3.63, 3.8) is 0 Å². The van der Waals surface area contributed by atoms with Gasteiger partial charge in [-0.2, -0.15) is 0 Å². The first-order valence-electron chi connectivity index (χ1n) is 7.95. The molecule has 0 spiro atoms. The van der Waals surface area contributed by atoms with E-state index in [1.54, 1.807) is 18.2 Å². The van der Waals surface area contributed by atoms with Crippen LogP contribution in [0.4, 0.5) is 0 Å². The quantitative estimate of drug-likeness (QED) is 0.906. The monoisotopic (exact) mass is 328 g/mol. The van der Waals surface area contributed by atoms with Crippen LogP contribution >= 0.6 is 0 Å². The van der Waals surface area contributed by atoms with E-state index in [9.17, 15) is 9.59 Å². The topological polar surface area (TPSA) is 79.7 Å². The zero-order chi connectivity index (χ0) is 17.1. The number of pyridine rings is 1. The van der Waals surface area contributed by atoms with Crippen molar-refractivity contribution in [1.29, 1.82) is 0 Å². The van der Waals surface area contributed by atoms with E-state index in [0.29, 0.717) is 13.0 Å². The van der Waals surface area contributed by atoms with Crippen molar-refractivity contribution in [3.8, 4) is 0 Å². The van der Waals surface area contributed by atoms with Gasteiger partial charge in [0.25, 0.3) is 0 Å². The van der Waals surface area contributed by atoms with Crippen molar-refractivity contribution in [1.82, 2.24) is 9.88 Å². The van der Waals surface area contributed by atoms with Gasteiger partial charge >= 0.3 is 5.97 Å². The second-order valence-electron chi connectivity index (χ2n) is 6.06. The summed E-state index contributed by atoms with van der Waals surface area (Å²) in [6.07, 6.45) is 2.31. The number of carboxylic acid groups (broad SMARTS) is 1. The lowest BCUT2D eigenvalue weighted by molar-refractivity contribution is -0.139. The minimum atomic E-state index is -0.901. The Morgan fingerprint density at radius 1 is 1.33 bits per heavy atom. The van der Waals surface area contributed by atoms with Crippen molar-refractivity contribution >= 4 is 22.8 Å². The Bertz CT molecular complexity index is 756. The summed E-state index contributed by atoms with van der Waals surface area (Å²) in [7, 11) is 1.59. The first-order valence-corrected chi connectivity index (χ1v) is 7.95. The molecule has 0 aliphatic carbocycles. The number of aliphatic carboxylic acids is 1. The molecule has 6 heteroatoms. The number of ether oxygens (including phenoxy) is 1.